The van der Waals surface area contributed by atoms with Crippen molar-refractivity contribution in [2.45, 2.75) is 45.8 Å². The first kappa shape index (κ1) is 17.4. The number of carbonyl (C=O) groups excluding carboxylic acids is 1. The summed E-state index contributed by atoms with van der Waals surface area (Å²) in [7, 11) is 0. The molecule has 1 fully saturated rings. The van der Waals surface area contributed by atoms with Crippen LogP contribution in [0.15, 0.2) is 0 Å². The van der Waals surface area contributed by atoms with Crippen molar-refractivity contribution in [3.63, 3.8) is 0 Å². The van der Waals surface area contributed by atoms with Gasteiger partial charge in [-0.15, -0.1) is 0 Å². The number of carbonyl (C=O) groups is 1. The van der Waals surface area contributed by atoms with Crippen LogP contribution in [0.4, 0.5) is 0 Å². The van der Waals surface area contributed by atoms with Crippen LogP contribution in [0.2, 0.25) is 0 Å². The Morgan fingerprint density at radius 3 is 2.00 bits per heavy atom. The number of hydrogen-bond donors (Lipinski definition) is 2. The molecule has 1 aliphatic heterocycles. The number of hydrogen-bond acceptors (Lipinski definition) is 5. The molecule has 0 aromatic heterocycles. The lowest BCUT2D eigenvalue weighted by molar-refractivity contribution is -0.138. The van der Waals surface area contributed by atoms with Crippen molar-refractivity contribution in [1.82, 2.24) is 10.2 Å². The van der Waals surface area contributed by atoms with E-state index in [0.717, 1.165) is 26.2 Å². The molecule has 0 radical (unpaired) electrons. The maximum absolute atomic E-state index is 9.60. The van der Waals surface area contributed by atoms with E-state index in [0.29, 0.717) is 6.47 Å². The van der Waals surface area contributed by atoms with Gasteiger partial charge in [0, 0.05) is 31.7 Å². The van der Waals surface area contributed by atoms with Crippen LogP contribution in [-0.2, 0) is 9.53 Å². The number of nitrogens with one attached hydrogen (secondary N) is 1. The molecule has 0 amide bonds. The molecule has 5 heteroatoms. The van der Waals surface area contributed by atoms with E-state index in [1.807, 2.05) is 20.8 Å². The summed E-state index contributed by atoms with van der Waals surface area (Å²) in [5, 5.41) is 12.4. The Labute approximate surface area is 110 Å². The van der Waals surface area contributed by atoms with Crippen molar-refractivity contribution < 1.29 is 14.6 Å². The highest BCUT2D eigenvalue weighted by Gasteiger charge is 2.26. The third-order valence-electron chi connectivity index (χ3n) is 2.76. The van der Waals surface area contributed by atoms with Gasteiger partial charge < -0.3 is 15.2 Å². The van der Waals surface area contributed by atoms with E-state index in [-0.39, 0.29) is 17.7 Å². The number of rotatable bonds is 3. The molecular formula is C13H28N2O3. The van der Waals surface area contributed by atoms with E-state index >= 15 is 0 Å². The average Bonchev–Trinajstić information content (AvgIpc) is 2.29. The van der Waals surface area contributed by atoms with Crippen LogP contribution in [0.25, 0.3) is 0 Å². The fraction of sp³-hybridized carbons (Fsp3) is 0.923. The van der Waals surface area contributed by atoms with Crippen LogP contribution < -0.4 is 5.32 Å². The van der Waals surface area contributed by atoms with Crippen molar-refractivity contribution >= 4 is 6.47 Å². The Balaban J connectivity index is 0.000000360. The third-order valence-corrected chi connectivity index (χ3v) is 2.76. The van der Waals surface area contributed by atoms with E-state index in [1.165, 1.54) is 0 Å². The fourth-order valence-corrected chi connectivity index (χ4v) is 1.51. The number of aliphatic hydroxyl groups is 1. The first-order valence-electron chi connectivity index (χ1n) is 6.41. The Morgan fingerprint density at radius 2 is 1.72 bits per heavy atom. The molecule has 5 nitrogen and oxygen atoms in total. The third kappa shape index (κ3) is 7.63. The van der Waals surface area contributed by atoms with Crippen LogP contribution >= 0.6 is 0 Å². The monoisotopic (exact) mass is 260 g/mol. The molecule has 0 saturated carbocycles. The van der Waals surface area contributed by atoms with Gasteiger partial charge in [0.1, 0.15) is 5.60 Å². The second-order valence-electron chi connectivity index (χ2n) is 6.03. The van der Waals surface area contributed by atoms with Gasteiger partial charge in [-0.2, -0.15) is 0 Å². The van der Waals surface area contributed by atoms with Crippen molar-refractivity contribution in [2.24, 2.45) is 0 Å². The second-order valence-corrected chi connectivity index (χ2v) is 6.03. The first-order valence-corrected chi connectivity index (χ1v) is 6.41. The van der Waals surface area contributed by atoms with Crippen LogP contribution in [-0.4, -0.2) is 60.4 Å². The summed E-state index contributed by atoms with van der Waals surface area (Å²) in [6.07, 6.45) is 0. The smallest absolute Gasteiger partial charge is 0.293 e. The summed E-state index contributed by atoms with van der Waals surface area (Å²) >= 11 is 0. The maximum atomic E-state index is 9.60. The molecule has 0 aliphatic carbocycles. The molecule has 1 aliphatic rings. The topological polar surface area (TPSA) is 61.8 Å². The van der Waals surface area contributed by atoms with E-state index in [1.54, 1.807) is 0 Å². The lowest BCUT2D eigenvalue weighted by Crippen LogP contribution is -2.54. The molecule has 1 saturated heterocycles. The van der Waals surface area contributed by atoms with E-state index in [9.17, 15) is 4.79 Å². The Hall–Kier alpha value is -0.650. The fourth-order valence-electron chi connectivity index (χ4n) is 1.51. The first-order chi connectivity index (χ1) is 8.23. The van der Waals surface area contributed by atoms with Crippen molar-refractivity contribution in [3.05, 3.63) is 0 Å². The molecule has 0 spiro atoms. The summed E-state index contributed by atoms with van der Waals surface area (Å²) in [4.78, 5) is 11.9. The van der Waals surface area contributed by atoms with E-state index < -0.39 is 0 Å². The molecule has 1 heterocycles. The minimum atomic E-state index is -0.318. The quantitative estimate of drug-likeness (QED) is 0.729. The molecule has 0 aromatic carbocycles. The molecule has 0 atom stereocenters. The summed E-state index contributed by atoms with van der Waals surface area (Å²) in [6.45, 7) is 14.5. The van der Waals surface area contributed by atoms with Crippen molar-refractivity contribution in [2.75, 3.05) is 32.8 Å². The highest BCUT2D eigenvalue weighted by Crippen LogP contribution is 2.13. The van der Waals surface area contributed by atoms with Gasteiger partial charge in [0.15, 0.2) is 0 Å². The molecular weight excluding hydrogens is 232 g/mol. The summed E-state index contributed by atoms with van der Waals surface area (Å²) in [5.74, 6) is 0. The summed E-state index contributed by atoms with van der Waals surface area (Å²) < 4.78 is 4.55. The lowest BCUT2D eigenvalue weighted by Gasteiger charge is -2.39. The largest absolute Gasteiger partial charge is 0.462 e. The second kappa shape index (κ2) is 7.71. The zero-order valence-corrected chi connectivity index (χ0v) is 12.3. The highest BCUT2D eigenvalue weighted by molar-refractivity contribution is 5.37. The van der Waals surface area contributed by atoms with Crippen LogP contribution in [0.1, 0.15) is 34.6 Å². The maximum Gasteiger partial charge on any atom is 0.293 e. The van der Waals surface area contributed by atoms with Crippen LogP contribution in [0.3, 0.4) is 0 Å². The molecule has 2 N–H and O–H groups in total. The van der Waals surface area contributed by atoms with Crippen LogP contribution in [0, 0.1) is 0 Å². The predicted molar refractivity (Wildman–Crippen MR) is 72.5 cm³/mol. The molecule has 0 aromatic rings. The predicted octanol–water partition coefficient (Wildman–Crippen LogP) is 0.620. The lowest BCUT2D eigenvalue weighted by atomic mass is 10.0. The Bertz CT molecular complexity index is 231. The van der Waals surface area contributed by atoms with Crippen LogP contribution in [0.5, 0.6) is 0 Å². The minimum absolute atomic E-state index is 0.0396. The molecule has 0 unspecified atom stereocenters. The average molecular weight is 260 g/mol. The number of aliphatic hydroxyl groups excluding tert-OH is 1. The SMILES string of the molecule is CC(C)(C)OC=O.CC(C)(CO)N1CCNCC1. The van der Waals surface area contributed by atoms with Gasteiger partial charge >= 0.3 is 0 Å². The standard InChI is InChI=1S/C8H18N2O.C5H10O2/c1-8(2,7-11)10-5-3-9-4-6-10;1-5(2,3)7-4-6/h9,11H,3-7H2,1-2H3;4H,1-3H3. The van der Waals surface area contributed by atoms with Gasteiger partial charge in [-0.3, -0.25) is 9.69 Å². The highest BCUT2D eigenvalue weighted by atomic mass is 16.5. The Kier molecular flexibility index (Phi) is 7.43. The van der Waals surface area contributed by atoms with Gasteiger partial charge in [-0.1, -0.05) is 0 Å². The van der Waals surface area contributed by atoms with Gasteiger partial charge in [0.2, 0.25) is 0 Å². The van der Waals surface area contributed by atoms with Gasteiger partial charge in [-0.05, 0) is 34.6 Å². The van der Waals surface area contributed by atoms with Gasteiger partial charge in [-0.25, -0.2) is 0 Å². The van der Waals surface area contributed by atoms with Gasteiger partial charge in [0.05, 0.1) is 6.61 Å². The molecule has 1 rings (SSSR count). The van der Waals surface area contributed by atoms with Crippen molar-refractivity contribution in [1.29, 1.82) is 0 Å². The molecule has 0 bridgehead atoms. The van der Waals surface area contributed by atoms with Gasteiger partial charge in [0.25, 0.3) is 6.47 Å². The zero-order chi connectivity index (χ0) is 14.2. The molecule has 18 heavy (non-hydrogen) atoms. The Morgan fingerprint density at radius 1 is 1.22 bits per heavy atom. The molecule has 108 valence electrons. The van der Waals surface area contributed by atoms with Crippen molar-refractivity contribution in [3.8, 4) is 0 Å². The minimum Gasteiger partial charge on any atom is -0.462 e. The summed E-state index contributed by atoms with van der Waals surface area (Å²) in [5.41, 5.74) is -0.357. The van der Waals surface area contributed by atoms with E-state index in [4.69, 9.17) is 5.11 Å². The normalized spacial score (nSPS) is 17.7. The number of nitrogens with zero attached hydrogens (tertiary/aromatic N) is 1. The number of ether oxygens (including phenoxy) is 1. The zero-order valence-electron chi connectivity index (χ0n) is 12.3. The number of piperazine rings is 1. The summed E-state index contributed by atoms with van der Waals surface area (Å²) in [6, 6.07) is 0. The van der Waals surface area contributed by atoms with E-state index in [2.05, 4.69) is 28.8 Å².